The molecule has 0 saturated heterocycles. The molecule has 0 aliphatic heterocycles. The Hall–Kier alpha value is -2.49. The number of carbonyl (C=O) groups excluding carboxylic acids is 1. The van der Waals surface area contributed by atoms with Crippen molar-refractivity contribution < 1.29 is 14.6 Å². The molecule has 0 spiro atoms. The second-order valence-electron chi connectivity index (χ2n) is 5.45. The number of nitrogens with one attached hydrogen (secondary N) is 1. The zero-order valence-electron chi connectivity index (χ0n) is 13.4. The van der Waals surface area contributed by atoms with Gasteiger partial charge < -0.3 is 15.2 Å². The first kappa shape index (κ1) is 16.9. The standard InChI is InChI=1S/C19H23NO3/c1-2-3-11-20-19(22)13-16-12-17(21)9-10-18(16)23-14-15-7-5-4-6-8-15/h4-10,12,21H,2-3,11,13-14H2,1H3,(H,20,22). The van der Waals surface area contributed by atoms with Gasteiger partial charge >= 0.3 is 0 Å². The third kappa shape index (κ3) is 5.66. The molecule has 0 bridgehead atoms. The van der Waals surface area contributed by atoms with Crippen molar-refractivity contribution in [2.24, 2.45) is 0 Å². The van der Waals surface area contributed by atoms with E-state index in [0.29, 0.717) is 24.5 Å². The van der Waals surface area contributed by atoms with Gasteiger partial charge in [0.05, 0.1) is 6.42 Å². The summed E-state index contributed by atoms with van der Waals surface area (Å²) in [6.45, 7) is 3.18. The number of rotatable bonds is 8. The van der Waals surface area contributed by atoms with E-state index >= 15 is 0 Å². The number of amides is 1. The number of phenolic OH excluding ortho intramolecular Hbond substituents is 1. The lowest BCUT2D eigenvalue weighted by atomic mass is 10.1. The number of hydrogen-bond donors (Lipinski definition) is 2. The monoisotopic (exact) mass is 313 g/mol. The first-order valence-electron chi connectivity index (χ1n) is 7.94. The molecule has 0 heterocycles. The predicted octanol–water partition coefficient (Wildman–Crippen LogP) is 3.43. The normalized spacial score (nSPS) is 10.3. The molecule has 1 amide bonds. The maximum absolute atomic E-state index is 12.0. The van der Waals surface area contributed by atoms with Crippen LogP contribution in [0.2, 0.25) is 0 Å². The minimum atomic E-state index is -0.0615. The summed E-state index contributed by atoms with van der Waals surface area (Å²) in [5.41, 5.74) is 1.74. The Morgan fingerprint density at radius 1 is 1.17 bits per heavy atom. The van der Waals surface area contributed by atoms with Gasteiger partial charge in [-0.05, 0) is 30.2 Å². The second kappa shape index (κ2) is 8.83. The van der Waals surface area contributed by atoms with Crippen LogP contribution in [0.4, 0.5) is 0 Å². The van der Waals surface area contributed by atoms with Crippen molar-refractivity contribution >= 4 is 5.91 Å². The van der Waals surface area contributed by atoms with E-state index in [-0.39, 0.29) is 18.1 Å². The Morgan fingerprint density at radius 2 is 1.96 bits per heavy atom. The number of benzene rings is 2. The zero-order chi connectivity index (χ0) is 16.5. The van der Waals surface area contributed by atoms with E-state index < -0.39 is 0 Å². The van der Waals surface area contributed by atoms with E-state index in [0.717, 1.165) is 18.4 Å². The van der Waals surface area contributed by atoms with Gasteiger partial charge in [-0.15, -0.1) is 0 Å². The molecule has 2 aromatic carbocycles. The lowest BCUT2D eigenvalue weighted by Gasteiger charge is -2.12. The molecule has 0 aromatic heterocycles. The van der Waals surface area contributed by atoms with Crippen LogP contribution >= 0.6 is 0 Å². The number of aromatic hydroxyl groups is 1. The summed E-state index contributed by atoms with van der Waals surface area (Å²) < 4.78 is 5.81. The number of ether oxygens (including phenoxy) is 1. The Morgan fingerprint density at radius 3 is 2.70 bits per heavy atom. The summed E-state index contributed by atoms with van der Waals surface area (Å²) in [6, 6.07) is 14.7. The minimum absolute atomic E-state index is 0.0615. The predicted molar refractivity (Wildman–Crippen MR) is 90.5 cm³/mol. The average Bonchev–Trinajstić information content (AvgIpc) is 2.55. The SMILES string of the molecule is CCCCNC(=O)Cc1cc(O)ccc1OCc1ccccc1. The molecule has 2 aromatic rings. The van der Waals surface area contributed by atoms with Crippen LogP contribution < -0.4 is 10.1 Å². The van der Waals surface area contributed by atoms with E-state index in [1.807, 2.05) is 30.3 Å². The molecule has 2 N–H and O–H groups in total. The smallest absolute Gasteiger partial charge is 0.224 e. The molecule has 0 aliphatic carbocycles. The van der Waals surface area contributed by atoms with Gasteiger partial charge in [-0.2, -0.15) is 0 Å². The lowest BCUT2D eigenvalue weighted by Crippen LogP contribution is -2.26. The van der Waals surface area contributed by atoms with E-state index in [9.17, 15) is 9.90 Å². The van der Waals surface area contributed by atoms with E-state index in [1.165, 1.54) is 0 Å². The van der Waals surface area contributed by atoms with Gasteiger partial charge in [0.2, 0.25) is 5.91 Å². The van der Waals surface area contributed by atoms with Gasteiger partial charge in [0, 0.05) is 12.1 Å². The van der Waals surface area contributed by atoms with Gasteiger partial charge in [0.1, 0.15) is 18.1 Å². The van der Waals surface area contributed by atoms with Crippen molar-refractivity contribution in [2.45, 2.75) is 32.8 Å². The fraction of sp³-hybridized carbons (Fsp3) is 0.316. The Balaban J connectivity index is 2.00. The molecule has 0 aliphatic rings. The van der Waals surface area contributed by atoms with Crippen LogP contribution in [-0.2, 0) is 17.8 Å². The number of hydrogen-bond acceptors (Lipinski definition) is 3. The van der Waals surface area contributed by atoms with Gasteiger partial charge in [0.25, 0.3) is 0 Å². The van der Waals surface area contributed by atoms with Crippen molar-refractivity contribution in [1.29, 1.82) is 0 Å². The fourth-order valence-corrected chi connectivity index (χ4v) is 2.22. The van der Waals surface area contributed by atoms with Crippen molar-refractivity contribution in [1.82, 2.24) is 5.32 Å². The van der Waals surface area contributed by atoms with Crippen molar-refractivity contribution in [3.63, 3.8) is 0 Å². The molecule has 0 radical (unpaired) electrons. The number of unbranched alkanes of at least 4 members (excludes halogenated alkanes) is 1. The summed E-state index contributed by atoms with van der Waals surface area (Å²) in [6.07, 6.45) is 2.20. The molecule has 122 valence electrons. The molecular formula is C19H23NO3. The van der Waals surface area contributed by atoms with Crippen LogP contribution in [-0.4, -0.2) is 17.6 Å². The molecular weight excluding hydrogens is 290 g/mol. The third-order valence-electron chi connectivity index (χ3n) is 3.48. The van der Waals surface area contributed by atoms with Crippen LogP contribution in [0.1, 0.15) is 30.9 Å². The molecule has 4 heteroatoms. The van der Waals surface area contributed by atoms with Crippen molar-refractivity contribution in [2.75, 3.05) is 6.54 Å². The summed E-state index contributed by atoms with van der Waals surface area (Å²) in [5.74, 6) is 0.694. The van der Waals surface area contributed by atoms with Crippen LogP contribution in [0.25, 0.3) is 0 Å². The van der Waals surface area contributed by atoms with Gasteiger partial charge in [-0.3, -0.25) is 4.79 Å². The highest BCUT2D eigenvalue weighted by atomic mass is 16.5. The molecule has 0 fully saturated rings. The second-order valence-corrected chi connectivity index (χ2v) is 5.45. The largest absolute Gasteiger partial charge is 0.508 e. The highest BCUT2D eigenvalue weighted by Gasteiger charge is 2.10. The van der Waals surface area contributed by atoms with E-state index in [1.54, 1.807) is 18.2 Å². The number of phenols is 1. The summed E-state index contributed by atoms with van der Waals surface area (Å²) in [7, 11) is 0. The maximum atomic E-state index is 12.0. The van der Waals surface area contributed by atoms with Crippen LogP contribution in [0.5, 0.6) is 11.5 Å². The van der Waals surface area contributed by atoms with Crippen molar-refractivity contribution in [3.8, 4) is 11.5 Å². The quantitative estimate of drug-likeness (QED) is 0.734. The number of carbonyl (C=O) groups is 1. The van der Waals surface area contributed by atoms with E-state index in [4.69, 9.17) is 4.74 Å². The van der Waals surface area contributed by atoms with Crippen LogP contribution in [0, 0.1) is 0 Å². The Kier molecular flexibility index (Phi) is 6.48. The summed E-state index contributed by atoms with van der Waals surface area (Å²) in [5, 5.41) is 12.5. The highest BCUT2D eigenvalue weighted by Crippen LogP contribution is 2.25. The molecule has 0 atom stereocenters. The van der Waals surface area contributed by atoms with Crippen molar-refractivity contribution in [3.05, 3.63) is 59.7 Å². The minimum Gasteiger partial charge on any atom is -0.508 e. The van der Waals surface area contributed by atoms with Gasteiger partial charge in [-0.1, -0.05) is 43.7 Å². The summed E-state index contributed by atoms with van der Waals surface area (Å²) in [4.78, 5) is 12.0. The molecule has 4 nitrogen and oxygen atoms in total. The first-order valence-corrected chi connectivity index (χ1v) is 7.94. The summed E-state index contributed by atoms with van der Waals surface area (Å²) >= 11 is 0. The van der Waals surface area contributed by atoms with Gasteiger partial charge in [-0.25, -0.2) is 0 Å². The topological polar surface area (TPSA) is 58.6 Å². The van der Waals surface area contributed by atoms with Crippen LogP contribution in [0.15, 0.2) is 48.5 Å². The maximum Gasteiger partial charge on any atom is 0.224 e. The Labute approximate surface area is 137 Å². The van der Waals surface area contributed by atoms with Gasteiger partial charge in [0.15, 0.2) is 0 Å². The average molecular weight is 313 g/mol. The first-order chi connectivity index (χ1) is 11.2. The molecule has 0 saturated carbocycles. The van der Waals surface area contributed by atoms with E-state index in [2.05, 4.69) is 12.2 Å². The highest BCUT2D eigenvalue weighted by molar-refractivity contribution is 5.79. The molecule has 23 heavy (non-hydrogen) atoms. The molecule has 2 rings (SSSR count). The molecule has 0 unspecified atom stereocenters. The zero-order valence-corrected chi connectivity index (χ0v) is 13.4. The fourth-order valence-electron chi connectivity index (χ4n) is 2.22. The van der Waals surface area contributed by atoms with Crippen LogP contribution in [0.3, 0.4) is 0 Å². The Bertz CT molecular complexity index is 626. The third-order valence-corrected chi connectivity index (χ3v) is 3.48. The lowest BCUT2D eigenvalue weighted by molar-refractivity contribution is -0.120.